The van der Waals surface area contributed by atoms with Crippen LogP contribution in [0.1, 0.15) is 43.1 Å². The normalized spacial score (nSPS) is 13.3. The maximum Gasteiger partial charge on any atom is 0.341 e. The summed E-state index contributed by atoms with van der Waals surface area (Å²) in [6.07, 6.45) is 0.548. The highest BCUT2D eigenvalue weighted by Crippen LogP contribution is 2.38. The lowest BCUT2D eigenvalue weighted by Gasteiger charge is -2.25. The molecular weight excluding hydrogens is 364 g/mol. The summed E-state index contributed by atoms with van der Waals surface area (Å²) in [5.41, 5.74) is 1.74. The summed E-state index contributed by atoms with van der Waals surface area (Å²) in [5, 5.41) is 7.03. The molecule has 0 saturated heterocycles. The Balaban J connectivity index is 1.96. The average Bonchev–Trinajstić information content (AvgIpc) is 3.16. The number of carbonyl (C=O) groups is 3. The van der Waals surface area contributed by atoms with Gasteiger partial charge in [-0.15, -0.1) is 16.4 Å². The first kappa shape index (κ1) is 17.5. The first-order chi connectivity index (χ1) is 11.9. The van der Waals surface area contributed by atoms with Crippen molar-refractivity contribution >= 4 is 45.7 Å². The van der Waals surface area contributed by atoms with Gasteiger partial charge >= 0.3 is 5.97 Å². The third-order valence-corrected chi connectivity index (χ3v) is 5.94. The number of thiophene rings is 1. The number of nitrogens with one attached hydrogen (secondary N) is 1. The van der Waals surface area contributed by atoms with Crippen molar-refractivity contribution in [2.24, 2.45) is 0 Å². The molecule has 0 unspecified atom stereocenters. The second-order valence-electron chi connectivity index (χ2n) is 5.53. The number of ether oxygens (including phenoxy) is 1. The molecule has 2 amide bonds. The van der Waals surface area contributed by atoms with Crippen molar-refractivity contribution in [3.63, 3.8) is 0 Å². The van der Waals surface area contributed by atoms with E-state index in [0.29, 0.717) is 40.6 Å². The maximum absolute atomic E-state index is 12.5. The van der Waals surface area contributed by atoms with E-state index in [1.54, 1.807) is 11.8 Å². The molecule has 132 valence electrons. The van der Waals surface area contributed by atoms with Gasteiger partial charge in [-0.3, -0.25) is 9.59 Å². The van der Waals surface area contributed by atoms with Crippen LogP contribution in [0.2, 0.25) is 0 Å². The van der Waals surface area contributed by atoms with Crippen LogP contribution in [0, 0.1) is 6.92 Å². The Hall–Kier alpha value is -2.33. The van der Waals surface area contributed by atoms with E-state index in [-0.39, 0.29) is 11.8 Å². The number of amides is 2. The summed E-state index contributed by atoms with van der Waals surface area (Å²) in [6, 6.07) is 0. The van der Waals surface area contributed by atoms with Gasteiger partial charge in [0.1, 0.15) is 9.88 Å². The molecule has 0 atom stereocenters. The molecule has 0 fully saturated rings. The average molecular weight is 380 g/mol. The van der Waals surface area contributed by atoms with Crippen LogP contribution in [0.4, 0.5) is 5.00 Å². The van der Waals surface area contributed by atoms with Crippen LogP contribution in [0.5, 0.6) is 0 Å². The molecule has 25 heavy (non-hydrogen) atoms. The Morgan fingerprint density at radius 3 is 2.68 bits per heavy atom. The summed E-state index contributed by atoms with van der Waals surface area (Å²) < 4.78 is 8.64. The van der Waals surface area contributed by atoms with Crippen molar-refractivity contribution in [1.82, 2.24) is 14.5 Å². The Labute approximate surface area is 152 Å². The topological polar surface area (TPSA) is 101 Å². The third-order valence-electron chi connectivity index (χ3n) is 3.98. The number of hydrogen-bond acceptors (Lipinski definition) is 8. The van der Waals surface area contributed by atoms with E-state index < -0.39 is 5.97 Å². The number of rotatable bonds is 3. The maximum atomic E-state index is 12.5. The fraction of sp³-hybridized carbons (Fsp3) is 0.400. The third kappa shape index (κ3) is 3.27. The highest BCUT2D eigenvalue weighted by molar-refractivity contribution is 7.17. The minimum Gasteiger partial charge on any atom is -0.465 e. The zero-order valence-electron chi connectivity index (χ0n) is 13.9. The van der Waals surface area contributed by atoms with Crippen LogP contribution < -0.4 is 5.32 Å². The molecular formula is C15H16N4O4S2. The smallest absolute Gasteiger partial charge is 0.341 e. The molecule has 1 aliphatic rings. The number of hydrogen-bond donors (Lipinski definition) is 1. The Morgan fingerprint density at radius 1 is 1.32 bits per heavy atom. The van der Waals surface area contributed by atoms with Crippen molar-refractivity contribution in [1.29, 1.82) is 0 Å². The van der Waals surface area contributed by atoms with E-state index in [1.165, 1.54) is 25.4 Å². The molecule has 2 aromatic rings. The molecule has 8 nitrogen and oxygen atoms in total. The molecule has 1 N–H and O–H groups in total. The number of fused-ring (bicyclic) bond motifs is 1. The number of aromatic nitrogens is 2. The van der Waals surface area contributed by atoms with Gasteiger partial charge in [0, 0.05) is 18.3 Å². The lowest BCUT2D eigenvalue weighted by molar-refractivity contribution is -0.129. The monoisotopic (exact) mass is 380 g/mol. The van der Waals surface area contributed by atoms with Gasteiger partial charge in [0.15, 0.2) is 0 Å². The predicted octanol–water partition coefficient (Wildman–Crippen LogP) is 1.85. The van der Waals surface area contributed by atoms with Gasteiger partial charge in [0.2, 0.25) is 5.91 Å². The molecule has 0 bridgehead atoms. The van der Waals surface area contributed by atoms with Gasteiger partial charge in [-0.1, -0.05) is 4.49 Å². The Bertz CT molecular complexity index is 858. The first-order valence-electron chi connectivity index (χ1n) is 7.51. The van der Waals surface area contributed by atoms with Gasteiger partial charge in [0.05, 0.1) is 24.9 Å². The fourth-order valence-corrected chi connectivity index (χ4v) is 4.48. The Morgan fingerprint density at radius 2 is 2.08 bits per heavy atom. The van der Waals surface area contributed by atoms with E-state index in [0.717, 1.165) is 22.0 Å². The minimum absolute atomic E-state index is 0.0180. The van der Waals surface area contributed by atoms with Gasteiger partial charge in [0.25, 0.3) is 5.91 Å². The molecule has 10 heteroatoms. The van der Waals surface area contributed by atoms with Crippen LogP contribution >= 0.6 is 22.9 Å². The predicted molar refractivity (Wildman–Crippen MR) is 93.1 cm³/mol. The summed E-state index contributed by atoms with van der Waals surface area (Å²) >= 11 is 2.29. The van der Waals surface area contributed by atoms with Crippen LogP contribution in [0.25, 0.3) is 0 Å². The molecule has 1 aliphatic heterocycles. The first-order valence-corrected chi connectivity index (χ1v) is 9.10. The number of methoxy groups -OCH3 is 1. The number of nitrogens with zero attached hydrogens (tertiary/aromatic N) is 3. The van der Waals surface area contributed by atoms with Crippen LogP contribution in [0.3, 0.4) is 0 Å². The lowest BCUT2D eigenvalue weighted by Crippen LogP contribution is -2.33. The molecule has 2 aromatic heterocycles. The van der Waals surface area contributed by atoms with Crippen molar-refractivity contribution in [3.05, 3.63) is 26.6 Å². The molecule has 3 heterocycles. The number of aryl methyl sites for hydroxylation is 1. The van der Waals surface area contributed by atoms with Crippen molar-refractivity contribution in [3.8, 4) is 0 Å². The van der Waals surface area contributed by atoms with E-state index in [2.05, 4.69) is 14.9 Å². The number of anilines is 1. The van der Waals surface area contributed by atoms with Crippen molar-refractivity contribution < 1.29 is 19.1 Å². The SMILES string of the molecule is COC(=O)c1c(NC(=O)c2snnc2C)sc2c1CCN(C(C)=O)C2. The van der Waals surface area contributed by atoms with Gasteiger partial charge < -0.3 is 15.0 Å². The fourth-order valence-electron chi connectivity index (χ4n) is 2.68. The minimum atomic E-state index is -0.497. The second-order valence-corrected chi connectivity index (χ2v) is 7.39. The van der Waals surface area contributed by atoms with E-state index in [1.807, 2.05) is 0 Å². The van der Waals surface area contributed by atoms with Crippen LogP contribution in [-0.4, -0.2) is 45.9 Å². The van der Waals surface area contributed by atoms with Crippen molar-refractivity contribution in [2.45, 2.75) is 26.8 Å². The summed E-state index contributed by atoms with van der Waals surface area (Å²) in [7, 11) is 1.31. The van der Waals surface area contributed by atoms with Gasteiger partial charge in [-0.2, -0.15) is 0 Å². The molecule has 0 spiro atoms. The van der Waals surface area contributed by atoms with E-state index >= 15 is 0 Å². The standard InChI is InChI=1S/C15H16N4O4S2/c1-7-12(25-18-17-7)13(21)16-14-11(15(22)23-3)9-4-5-19(8(2)20)6-10(9)24-14/h4-6H2,1-3H3,(H,16,21). The lowest BCUT2D eigenvalue weighted by atomic mass is 10.0. The highest BCUT2D eigenvalue weighted by Gasteiger charge is 2.30. The molecule has 3 rings (SSSR count). The number of carbonyl (C=O) groups excluding carboxylic acids is 3. The zero-order chi connectivity index (χ0) is 18.1. The highest BCUT2D eigenvalue weighted by atomic mass is 32.1. The molecule has 0 radical (unpaired) electrons. The Kier molecular flexibility index (Phi) is 4.82. The molecule has 0 aliphatic carbocycles. The summed E-state index contributed by atoms with van der Waals surface area (Å²) in [4.78, 5) is 39.3. The van der Waals surface area contributed by atoms with Crippen LogP contribution in [0.15, 0.2) is 0 Å². The second kappa shape index (κ2) is 6.89. The van der Waals surface area contributed by atoms with E-state index in [9.17, 15) is 14.4 Å². The van der Waals surface area contributed by atoms with E-state index in [4.69, 9.17) is 4.74 Å². The number of esters is 1. The quantitative estimate of drug-likeness (QED) is 0.816. The summed E-state index contributed by atoms with van der Waals surface area (Å²) in [6.45, 7) is 4.18. The van der Waals surface area contributed by atoms with Crippen LogP contribution in [-0.2, 0) is 22.5 Å². The summed E-state index contributed by atoms with van der Waals surface area (Å²) in [5.74, 6) is -0.876. The zero-order valence-corrected chi connectivity index (χ0v) is 15.5. The van der Waals surface area contributed by atoms with Crippen molar-refractivity contribution in [2.75, 3.05) is 19.0 Å². The molecule has 0 aromatic carbocycles. The largest absolute Gasteiger partial charge is 0.465 e. The van der Waals surface area contributed by atoms with Gasteiger partial charge in [-0.25, -0.2) is 4.79 Å². The molecule has 0 saturated carbocycles. The van der Waals surface area contributed by atoms with Gasteiger partial charge in [-0.05, 0) is 30.4 Å².